The lowest BCUT2D eigenvalue weighted by molar-refractivity contribution is 0.0732. The Bertz CT molecular complexity index is 360. The van der Waals surface area contributed by atoms with Gasteiger partial charge in [0.15, 0.2) is 0 Å². The molecule has 0 aliphatic carbocycles. The molecule has 1 amide bonds. The molecule has 0 unspecified atom stereocenters. The van der Waals surface area contributed by atoms with E-state index in [9.17, 15) is 4.79 Å². The number of hydrogen-bond acceptors (Lipinski definition) is 3. The summed E-state index contributed by atoms with van der Waals surface area (Å²) in [4.78, 5) is 15.7. The van der Waals surface area contributed by atoms with Gasteiger partial charge >= 0.3 is 0 Å². The van der Waals surface area contributed by atoms with Gasteiger partial charge in [-0.15, -0.1) is 0 Å². The summed E-state index contributed by atoms with van der Waals surface area (Å²) < 4.78 is 0. The zero-order chi connectivity index (χ0) is 12.8. The molecular formula is C13H20N2O2. The number of hydrogen-bond donors (Lipinski definition) is 1. The summed E-state index contributed by atoms with van der Waals surface area (Å²) in [6.45, 7) is 2.89. The van der Waals surface area contributed by atoms with Gasteiger partial charge in [0.05, 0.1) is 6.61 Å². The fraction of sp³-hybridized carbons (Fsp3) is 0.462. The lowest BCUT2D eigenvalue weighted by Crippen LogP contribution is -2.33. The first kappa shape index (κ1) is 13.5. The van der Waals surface area contributed by atoms with Crippen molar-refractivity contribution in [1.82, 2.24) is 4.90 Å². The van der Waals surface area contributed by atoms with Gasteiger partial charge in [-0.05, 0) is 31.2 Å². The Hall–Kier alpha value is -1.55. The van der Waals surface area contributed by atoms with E-state index in [4.69, 9.17) is 5.11 Å². The van der Waals surface area contributed by atoms with Gasteiger partial charge in [-0.2, -0.15) is 0 Å². The van der Waals surface area contributed by atoms with Crippen LogP contribution in [0.3, 0.4) is 0 Å². The summed E-state index contributed by atoms with van der Waals surface area (Å²) in [6, 6.07) is 7.47. The molecule has 1 rings (SSSR count). The highest BCUT2D eigenvalue weighted by Gasteiger charge is 2.13. The first-order chi connectivity index (χ1) is 8.10. The van der Waals surface area contributed by atoms with Gasteiger partial charge in [-0.3, -0.25) is 4.79 Å². The van der Waals surface area contributed by atoms with E-state index in [1.165, 1.54) is 0 Å². The van der Waals surface area contributed by atoms with Crippen LogP contribution < -0.4 is 4.90 Å². The smallest absolute Gasteiger partial charge is 0.253 e. The van der Waals surface area contributed by atoms with Crippen molar-refractivity contribution in [2.75, 3.05) is 38.7 Å². The molecule has 1 aromatic rings. The van der Waals surface area contributed by atoms with E-state index in [1.807, 2.05) is 50.2 Å². The van der Waals surface area contributed by atoms with E-state index in [0.717, 1.165) is 5.69 Å². The monoisotopic (exact) mass is 236 g/mol. The quantitative estimate of drug-likeness (QED) is 0.835. The molecule has 1 N–H and O–H groups in total. The molecule has 0 atom stereocenters. The topological polar surface area (TPSA) is 43.8 Å². The molecule has 94 valence electrons. The lowest BCUT2D eigenvalue weighted by atomic mass is 10.1. The van der Waals surface area contributed by atoms with E-state index >= 15 is 0 Å². The number of amides is 1. The number of nitrogens with zero attached hydrogens (tertiary/aromatic N) is 2. The van der Waals surface area contributed by atoms with Gasteiger partial charge in [0.1, 0.15) is 0 Å². The molecule has 17 heavy (non-hydrogen) atoms. The van der Waals surface area contributed by atoms with E-state index < -0.39 is 0 Å². The Labute approximate surface area is 102 Å². The third-order valence-electron chi connectivity index (χ3n) is 2.67. The Balaban J connectivity index is 2.81. The van der Waals surface area contributed by atoms with Crippen molar-refractivity contribution in [3.8, 4) is 0 Å². The maximum absolute atomic E-state index is 12.0. The number of carbonyl (C=O) groups is 1. The molecule has 0 radical (unpaired) electrons. The Morgan fingerprint density at radius 3 is 2.24 bits per heavy atom. The summed E-state index contributed by atoms with van der Waals surface area (Å²) in [7, 11) is 3.92. The molecular weight excluding hydrogens is 216 g/mol. The second-order valence-electron chi connectivity index (χ2n) is 4.05. The summed E-state index contributed by atoms with van der Waals surface area (Å²) in [5.74, 6) is -0.0353. The summed E-state index contributed by atoms with van der Waals surface area (Å²) >= 11 is 0. The zero-order valence-corrected chi connectivity index (χ0v) is 10.7. The minimum absolute atomic E-state index is 0.00460. The van der Waals surface area contributed by atoms with E-state index in [0.29, 0.717) is 18.7 Å². The van der Waals surface area contributed by atoms with Crippen LogP contribution in [0.2, 0.25) is 0 Å². The third kappa shape index (κ3) is 3.46. The highest BCUT2D eigenvalue weighted by Crippen LogP contribution is 2.13. The average molecular weight is 236 g/mol. The van der Waals surface area contributed by atoms with Gasteiger partial charge < -0.3 is 14.9 Å². The van der Waals surface area contributed by atoms with Crippen LogP contribution in [0.4, 0.5) is 5.69 Å². The first-order valence-corrected chi connectivity index (χ1v) is 5.77. The molecule has 0 spiro atoms. The van der Waals surface area contributed by atoms with Crippen LogP contribution in [0.1, 0.15) is 17.3 Å². The minimum Gasteiger partial charge on any atom is -0.395 e. The van der Waals surface area contributed by atoms with E-state index in [1.54, 1.807) is 4.90 Å². The fourth-order valence-corrected chi connectivity index (χ4v) is 1.61. The molecule has 0 fully saturated rings. The maximum Gasteiger partial charge on any atom is 0.253 e. The molecule has 0 aliphatic rings. The van der Waals surface area contributed by atoms with Crippen LogP contribution >= 0.6 is 0 Å². The van der Waals surface area contributed by atoms with Crippen molar-refractivity contribution in [3.63, 3.8) is 0 Å². The van der Waals surface area contributed by atoms with E-state index in [-0.39, 0.29) is 12.5 Å². The SMILES string of the molecule is CCN(CCO)C(=O)c1ccc(N(C)C)cc1. The predicted octanol–water partition coefficient (Wildman–Crippen LogP) is 1.21. The first-order valence-electron chi connectivity index (χ1n) is 5.77. The number of carbonyl (C=O) groups excluding carboxylic acids is 1. The third-order valence-corrected chi connectivity index (χ3v) is 2.67. The van der Waals surface area contributed by atoms with Gasteiger partial charge in [0.25, 0.3) is 5.91 Å². The molecule has 0 bridgehead atoms. The number of aliphatic hydroxyl groups excluding tert-OH is 1. The highest BCUT2D eigenvalue weighted by atomic mass is 16.3. The van der Waals surface area contributed by atoms with E-state index in [2.05, 4.69) is 0 Å². The van der Waals surface area contributed by atoms with Crippen molar-refractivity contribution in [2.45, 2.75) is 6.92 Å². The fourth-order valence-electron chi connectivity index (χ4n) is 1.61. The van der Waals surface area contributed by atoms with Crippen molar-refractivity contribution < 1.29 is 9.90 Å². The predicted molar refractivity (Wildman–Crippen MR) is 69.4 cm³/mol. The average Bonchev–Trinajstić information content (AvgIpc) is 2.35. The Morgan fingerprint density at radius 1 is 1.24 bits per heavy atom. The molecule has 0 heterocycles. The number of rotatable bonds is 5. The van der Waals surface area contributed by atoms with Crippen LogP contribution in [0.15, 0.2) is 24.3 Å². The zero-order valence-electron chi connectivity index (χ0n) is 10.7. The van der Waals surface area contributed by atoms with Crippen LogP contribution in [0.5, 0.6) is 0 Å². The summed E-state index contributed by atoms with van der Waals surface area (Å²) in [5.41, 5.74) is 1.72. The van der Waals surface area contributed by atoms with Gasteiger partial charge in [-0.25, -0.2) is 0 Å². The van der Waals surface area contributed by atoms with Crippen molar-refractivity contribution in [1.29, 1.82) is 0 Å². The molecule has 0 aliphatic heterocycles. The molecule has 0 saturated heterocycles. The van der Waals surface area contributed by atoms with Crippen molar-refractivity contribution >= 4 is 11.6 Å². The second kappa shape index (κ2) is 6.25. The normalized spacial score (nSPS) is 10.1. The number of aliphatic hydroxyl groups is 1. The Kier molecular flexibility index (Phi) is 4.97. The second-order valence-corrected chi connectivity index (χ2v) is 4.05. The van der Waals surface area contributed by atoms with Gasteiger partial charge in [0.2, 0.25) is 0 Å². The van der Waals surface area contributed by atoms with Crippen LogP contribution in [0, 0.1) is 0 Å². The highest BCUT2D eigenvalue weighted by molar-refractivity contribution is 5.94. The minimum atomic E-state index is -0.0353. The number of benzene rings is 1. The molecule has 4 heteroatoms. The molecule has 0 saturated carbocycles. The van der Waals surface area contributed by atoms with Crippen LogP contribution in [-0.2, 0) is 0 Å². The van der Waals surface area contributed by atoms with Crippen molar-refractivity contribution in [2.24, 2.45) is 0 Å². The van der Waals surface area contributed by atoms with Gasteiger partial charge in [0, 0.05) is 38.4 Å². The molecule has 4 nitrogen and oxygen atoms in total. The van der Waals surface area contributed by atoms with Crippen LogP contribution in [0.25, 0.3) is 0 Å². The summed E-state index contributed by atoms with van der Waals surface area (Å²) in [5, 5.41) is 8.88. The molecule has 0 aromatic heterocycles. The lowest BCUT2D eigenvalue weighted by Gasteiger charge is -2.20. The molecule has 1 aromatic carbocycles. The Morgan fingerprint density at radius 2 is 1.82 bits per heavy atom. The van der Waals surface area contributed by atoms with Crippen molar-refractivity contribution in [3.05, 3.63) is 29.8 Å². The summed E-state index contributed by atoms with van der Waals surface area (Å²) in [6.07, 6.45) is 0. The number of likely N-dealkylation sites (N-methyl/N-ethyl adjacent to an activating group) is 1. The number of anilines is 1. The van der Waals surface area contributed by atoms with Crippen LogP contribution in [-0.4, -0.2) is 49.7 Å². The van der Waals surface area contributed by atoms with Gasteiger partial charge in [-0.1, -0.05) is 0 Å². The standard InChI is InChI=1S/C13H20N2O2/c1-4-15(9-10-16)13(17)11-5-7-12(8-6-11)14(2)3/h5-8,16H,4,9-10H2,1-3H3. The largest absolute Gasteiger partial charge is 0.395 e. The maximum atomic E-state index is 12.0.